The van der Waals surface area contributed by atoms with Gasteiger partial charge < -0.3 is 20.6 Å². The average molecular weight is 257 g/mol. The van der Waals surface area contributed by atoms with Crippen LogP contribution in [0.25, 0.3) is 0 Å². The highest BCUT2D eigenvalue weighted by atomic mass is 16.5. The maximum Gasteiger partial charge on any atom is 0.144 e. The quantitative estimate of drug-likeness (QED) is 0.328. The van der Waals surface area contributed by atoms with Crippen molar-refractivity contribution in [1.82, 2.24) is 4.90 Å². The third-order valence-electron chi connectivity index (χ3n) is 3.72. The van der Waals surface area contributed by atoms with E-state index in [9.17, 15) is 0 Å². The Morgan fingerprint density at radius 1 is 1.56 bits per heavy atom. The molecule has 0 saturated carbocycles. The monoisotopic (exact) mass is 257 g/mol. The minimum absolute atomic E-state index is 0.257. The third-order valence-corrected chi connectivity index (χ3v) is 3.72. The van der Waals surface area contributed by atoms with Gasteiger partial charge in [0.25, 0.3) is 0 Å². The van der Waals surface area contributed by atoms with E-state index in [4.69, 9.17) is 15.7 Å². The summed E-state index contributed by atoms with van der Waals surface area (Å²) in [6.07, 6.45) is 3.61. The molecule has 1 fully saturated rings. The van der Waals surface area contributed by atoms with Crippen molar-refractivity contribution in [3.63, 3.8) is 0 Å². The van der Waals surface area contributed by atoms with Crippen molar-refractivity contribution in [2.45, 2.75) is 46.1 Å². The summed E-state index contributed by atoms with van der Waals surface area (Å²) in [6.45, 7) is 9.93. The second-order valence-electron chi connectivity index (χ2n) is 5.64. The number of nitrogens with zero attached hydrogens (tertiary/aromatic N) is 2. The summed E-state index contributed by atoms with van der Waals surface area (Å²) < 4.78 is 5.68. The van der Waals surface area contributed by atoms with Gasteiger partial charge in [0.2, 0.25) is 0 Å². The lowest BCUT2D eigenvalue weighted by Gasteiger charge is -2.34. The molecule has 0 amide bonds. The average Bonchev–Trinajstić information content (AvgIpc) is 2.36. The Balaban J connectivity index is 2.39. The van der Waals surface area contributed by atoms with E-state index in [1.807, 2.05) is 20.8 Å². The molecule has 1 heterocycles. The van der Waals surface area contributed by atoms with E-state index in [2.05, 4.69) is 10.1 Å². The van der Waals surface area contributed by atoms with Gasteiger partial charge in [-0.3, -0.25) is 0 Å². The van der Waals surface area contributed by atoms with Crippen LogP contribution in [-0.2, 0) is 4.74 Å². The van der Waals surface area contributed by atoms with Crippen LogP contribution in [0.5, 0.6) is 0 Å². The van der Waals surface area contributed by atoms with Crippen LogP contribution in [0.1, 0.15) is 40.0 Å². The van der Waals surface area contributed by atoms with Gasteiger partial charge in [-0.1, -0.05) is 19.0 Å². The number of amidine groups is 1. The lowest BCUT2D eigenvalue weighted by Crippen LogP contribution is -2.42. The Morgan fingerprint density at radius 3 is 2.89 bits per heavy atom. The highest BCUT2D eigenvalue weighted by Crippen LogP contribution is 2.22. The zero-order valence-corrected chi connectivity index (χ0v) is 11.9. The highest BCUT2D eigenvalue weighted by molar-refractivity contribution is 5.85. The molecular formula is C13H27N3O2. The van der Waals surface area contributed by atoms with Gasteiger partial charge in [-0.2, -0.15) is 0 Å². The molecule has 0 bridgehead atoms. The molecule has 0 aromatic heterocycles. The van der Waals surface area contributed by atoms with E-state index in [0.717, 1.165) is 39.1 Å². The largest absolute Gasteiger partial charge is 0.409 e. The fourth-order valence-electron chi connectivity index (χ4n) is 2.29. The van der Waals surface area contributed by atoms with E-state index in [1.54, 1.807) is 0 Å². The second kappa shape index (κ2) is 6.95. The molecule has 0 aromatic rings. The van der Waals surface area contributed by atoms with Gasteiger partial charge in [0, 0.05) is 18.6 Å². The van der Waals surface area contributed by atoms with Gasteiger partial charge in [-0.05, 0) is 39.3 Å². The van der Waals surface area contributed by atoms with E-state index >= 15 is 0 Å². The summed E-state index contributed by atoms with van der Waals surface area (Å²) in [5.41, 5.74) is 5.44. The van der Waals surface area contributed by atoms with Crippen LogP contribution in [0.15, 0.2) is 5.16 Å². The number of nitrogens with two attached hydrogens (primary N) is 1. The molecule has 1 atom stereocenters. The molecule has 1 aliphatic rings. The molecule has 3 N–H and O–H groups in total. The van der Waals surface area contributed by atoms with Crippen molar-refractivity contribution in [1.29, 1.82) is 0 Å². The van der Waals surface area contributed by atoms with Crippen LogP contribution in [0, 0.1) is 5.41 Å². The first-order valence-electron chi connectivity index (χ1n) is 6.81. The molecule has 1 saturated heterocycles. The van der Waals surface area contributed by atoms with Gasteiger partial charge in [0.05, 0.1) is 6.10 Å². The minimum Gasteiger partial charge on any atom is -0.409 e. The summed E-state index contributed by atoms with van der Waals surface area (Å²) in [5.74, 6) is 0.306. The molecule has 5 nitrogen and oxygen atoms in total. The first-order valence-corrected chi connectivity index (χ1v) is 6.81. The number of piperidine rings is 1. The number of likely N-dealkylation sites (tertiary alicyclic amines) is 1. The normalized spacial score (nSPS) is 23.3. The van der Waals surface area contributed by atoms with Crippen molar-refractivity contribution in [2.75, 3.05) is 26.2 Å². The maximum atomic E-state index is 8.75. The van der Waals surface area contributed by atoms with Gasteiger partial charge in [-0.15, -0.1) is 0 Å². The summed E-state index contributed by atoms with van der Waals surface area (Å²) >= 11 is 0. The predicted molar refractivity (Wildman–Crippen MR) is 72.9 cm³/mol. The fourth-order valence-corrected chi connectivity index (χ4v) is 2.29. The Kier molecular flexibility index (Phi) is 5.88. The number of rotatable bonds is 6. The molecule has 0 aliphatic carbocycles. The molecule has 0 aromatic carbocycles. The van der Waals surface area contributed by atoms with E-state index < -0.39 is 0 Å². The third kappa shape index (κ3) is 4.46. The zero-order chi connectivity index (χ0) is 13.6. The van der Waals surface area contributed by atoms with Crippen molar-refractivity contribution < 1.29 is 9.94 Å². The smallest absolute Gasteiger partial charge is 0.144 e. The summed E-state index contributed by atoms with van der Waals surface area (Å²) in [7, 11) is 0. The molecule has 106 valence electrons. The Bertz CT molecular complexity index is 277. The Hall–Kier alpha value is -0.810. The second-order valence-corrected chi connectivity index (χ2v) is 5.64. The van der Waals surface area contributed by atoms with Crippen LogP contribution in [0.3, 0.4) is 0 Å². The van der Waals surface area contributed by atoms with Crippen molar-refractivity contribution in [3.8, 4) is 0 Å². The van der Waals surface area contributed by atoms with Crippen LogP contribution < -0.4 is 5.73 Å². The van der Waals surface area contributed by atoms with Gasteiger partial charge in [0.15, 0.2) is 0 Å². The van der Waals surface area contributed by atoms with Gasteiger partial charge in [-0.25, -0.2) is 0 Å². The molecule has 1 unspecified atom stereocenters. The SMILES string of the molecule is CCOC1CCCN(CCC(C)(C)C(N)=NO)C1. The molecular weight excluding hydrogens is 230 g/mol. The summed E-state index contributed by atoms with van der Waals surface area (Å²) in [6, 6.07) is 0. The maximum absolute atomic E-state index is 8.75. The number of hydrogen-bond acceptors (Lipinski definition) is 4. The number of hydrogen-bond donors (Lipinski definition) is 2. The van der Waals surface area contributed by atoms with Crippen molar-refractivity contribution in [2.24, 2.45) is 16.3 Å². The first-order chi connectivity index (χ1) is 8.49. The lowest BCUT2D eigenvalue weighted by atomic mass is 9.87. The standard InChI is InChI=1S/C13H27N3O2/c1-4-18-11-6-5-8-16(10-11)9-7-13(2,3)12(14)15-17/h11,17H,4-10H2,1-3H3,(H2,14,15). The van der Waals surface area contributed by atoms with Gasteiger partial charge in [0.1, 0.15) is 5.84 Å². The fraction of sp³-hybridized carbons (Fsp3) is 0.923. The minimum atomic E-state index is -0.257. The van der Waals surface area contributed by atoms with Crippen molar-refractivity contribution in [3.05, 3.63) is 0 Å². The lowest BCUT2D eigenvalue weighted by molar-refractivity contribution is 0.00424. The van der Waals surface area contributed by atoms with Gasteiger partial charge >= 0.3 is 0 Å². The summed E-state index contributed by atoms with van der Waals surface area (Å²) in [5, 5.41) is 11.9. The van der Waals surface area contributed by atoms with Crippen LogP contribution >= 0.6 is 0 Å². The van der Waals surface area contributed by atoms with Crippen molar-refractivity contribution >= 4 is 5.84 Å². The topological polar surface area (TPSA) is 71.1 Å². The van der Waals surface area contributed by atoms with E-state index in [-0.39, 0.29) is 5.41 Å². The molecule has 0 spiro atoms. The van der Waals surface area contributed by atoms with Crippen LogP contribution in [0.2, 0.25) is 0 Å². The van der Waals surface area contributed by atoms with Crippen LogP contribution in [0.4, 0.5) is 0 Å². The molecule has 18 heavy (non-hydrogen) atoms. The zero-order valence-electron chi connectivity index (χ0n) is 11.9. The molecule has 0 radical (unpaired) electrons. The van der Waals surface area contributed by atoms with Crippen LogP contribution in [-0.4, -0.2) is 48.3 Å². The number of oxime groups is 1. The van der Waals surface area contributed by atoms with E-state index in [0.29, 0.717) is 11.9 Å². The van der Waals surface area contributed by atoms with E-state index in [1.165, 1.54) is 6.42 Å². The predicted octanol–water partition coefficient (Wildman–Crippen LogP) is 1.65. The molecule has 1 aliphatic heterocycles. The number of ether oxygens (including phenoxy) is 1. The molecule has 1 rings (SSSR count). The Labute approximate surface area is 110 Å². The molecule has 5 heteroatoms. The first kappa shape index (κ1) is 15.2. The highest BCUT2D eigenvalue weighted by Gasteiger charge is 2.26. The Morgan fingerprint density at radius 2 is 2.28 bits per heavy atom. The summed E-state index contributed by atoms with van der Waals surface area (Å²) in [4.78, 5) is 2.41.